The van der Waals surface area contributed by atoms with Crippen molar-refractivity contribution in [2.24, 2.45) is 7.05 Å². The quantitative estimate of drug-likeness (QED) is 0.413. The molecule has 168 valence electrons. The van der Waals surface area contributed by atoms with Crippen LogP contribution in [0.3, 0.4) is 0 Å². The second kappa shape index (κ2) is 9.03. The summed E-state index contributed by atoms with van der Waals surface area (Å²) in [4.78, 5) is 30.3. The van der Waals surface area contributed by atoms with Crippen LogP contribution in [0.4, 0.5) is 5.82 Å². The number of rotatable bonds is 5. The Kier molecular flexibility index (Phi) is 6.15. The van der Waals surface area contributed by atoms with Crippen molar-refractivity contribution >= 4 is 41.1 Å². The molecule has 9 heteroatoms. The van der Waals surface area contributed by atoms with Crippen molar-refractivity contribution in [1.29, 1.82) is 0 Å². The number of hydrogen-bond acceptors (Lipinski definition) is 6. The van der Waals surface area contributed by atoms with Crippen LogP contribution < -0.4 is 10.9 Å². The molecule has 0 saturated carbocycles. The first-order chi connectivity index (χ1) is 15.5. The molecule has 5 rings (SSSR count). The first kappa shape index (κ1) is 22.5. The normalized spacial score (nSPS) is 12.0. The van der Waals surface area contributed by atoms with Gasteiger partial charge in [0.2, 0.25) is 0 Å². The van der Waals surface area contributed by atoms with E-state index < -0.39 is 0 Å². The predicted molar refractivity (Wildman–Crippen MR) is 136 cm³/mol. The molecule has 0 aliphatic heterocycles. The van der Waals surface area contributed by atoms with E-state index in [1.807, 2.05) is 43.5 Å². The summed E-state index contributed by atoms with van der Waals surface area (Å²) in [6.07, 6.45) is 5.10. The number of nitrogens with one attached hydrogen (secondary N) is 2. The second-order valence-corrected chi connectivity index (χ2v) is 8.02. The van der Waals surface area contributed by atoms with Crippen LogP contribution in [0, 0.1) is 6.92 Å². The molecule has 2 N–H and O–H groups in total. The molecule has 0 saturated heterocycles. The first-order valence-corrected chi connectivity index (χ1v) is 10.5. The zero-order valence-electron chi connectivity index (χ0n) is 18.6. The number of hydrogen-bond donors (Lipinski definition) is 2. The second-order valence-electron chi connectivity index (χ2n) is 8.02. The van der Waals surface area contributed by atoms with Gasteiger partial charge in [-0.1, -0.05) is 25.1 Å². The van der Waals surface area contributed by atoms with Gasteiger partial charge in [0.15, 0.2) is 0 Å². The number of aryl methyl sites for hydroxylation is 2. The first-order valence-electron chi connectivity index (χ1n) is 10.5. The van der Waals surface area contributed by atoms with E-state index in [0.29, 0.717) is 11.9 Å². The van der Waals surface area contributed by atoms with Gasteiger partial charge in [0.1, 0.15) is 12.1 Å². The number of nitrogens with zero attached hydrogens (tertiary/aromatic N) is 5. The van der Waals surface area contributed by atoms with Crippen LogP contribution in [0.25, 0.3) is 33.1 Å². The summed E-state index contributed by atoms with van der Waals surface area (Å²) >= 11 is 0. The zero-order chi connectivity index (χ0) is 22.2. The van der Waals surface area contributed by atoms with E-state index in [1.165, 1.54) is 4.68 Å². The summed E-state index contributed by atoms with van der Waals surface area (Å²) in [5, 5.41) is 8.00. The average molecular weight is 460 g/mol. The van der Waals surface area contributed by atoms with Gasteiger partial charge in [-0.3, -0.25) is 24.5 Å². The number of para-hydroxylation sites is 1. The Balaban J connectivity index is 0.00000259. The molecule has 0 amide bonds. The monoisotopic (exact) mass is 459 g/mol. The lowest BCUT2D eigenvalue weighted by atomic mass is 9.97. The number of fused-ring (bicyclic) bond motifs is 3. The third-order valence-corrected chi connectivity index (χ3v) is 5.73. The molecule has 5 aromatic rings. The number of aromatic nitrogens is 6. The summed E-state index contributed by atoms with van der Waals surface area (Å²) in [7, 11) is 1.72. The minimum Gasteiger partial charge on any atom is -0.369 e. The van der Waals surface area contributed by atoms with Gasteiger partial charge in [-0.05, 0) is 24.6 Å². The molecule has 1 aromatic carbocycles. The van der Waals surface area contributed by atoms with Crippen molar-refractivity contribution in [3.63, 3.8) is 0 Å². The molecule has 0 aliphatic rings. The fraction of sp³-hybridized carbons (Fsp3) is 0.208. The van der Waals surface area contributed by atoms with Crippen molar-refractivity contribution in [2.75, 3.05) is 11.9 Å². The highest BCUT2D eigenvalue weighted by molar-refractivity contribution is 7.59. The molecular weight excluding hydrogens is 434 g/mol. The third kappa shape index (κ3) is 4.19. The highest BCUT2D eigenvalue weighted by atomic mass is 32.1. The lowest BCUT2D eigenvalue weighted by Gasteiger charge is -2.16. The van der Waals surface area contributed by atoms with E-state index in [9.17, 15) is 4.79 Å². The lowest BCUT2D eigenvalue weighted by molar-refractivity contribution is 0.751. The largest absolute Gasteiger partial charge is 0.369 e. The van der Waals surface area contributed by atoms with Gasteiger partial charge in [-0.15, -0.1) is 0 Å². The van der Waals surface area contributed by atoms with E-state index in [1.54, 1.807) is 19.6 Å². The Bertz CT molecular complexity index is 1490. The maximum atomic E-state index is 12.6. The zero-order valence-corrected chi connectivity index (χ0v) is 19.6. The van der Waals surface area contributed by atoms with E-state index in [0.717, 1.165) is 44.8 Å². The Morgan fingerprint density at radius 1 is 1.09 bits per heavy atom. The molecule has 4 heterocycles. The van der Waals surface area contributed by atoms with Gasteiger partial charge in [0.05, 0.1) is 28.3 Å². The highest BCUT2D eigenvalue weighted by Gasteiger charge is 2.15. The van der Waals surface area contributed by atoms with E-state index in [2.05, 4.69) is 43.3 Å². The van der Waals surface area contributed by atoms with Crippen molar-refractivity contribution in [3.8, 4) is 11.3 Å². The maximum Gasteiger partial charge on any atom is 0.274 e. The molecular formula is C24H25N7OS. The Morgan fingerprint density at radius 3 is 2.73 bits per heavy atom. The van der Waals surface area contributed by atoms with Crippen LogP contribution in [0.2, 0.25) is 0 Å². The molecule has 0 aliphatic carbocycles. The smallest absolute Gasteiger partial charge is 0.274 e. The maximum absolute atomic E-state index is 12.6. The van der Waals surface area contributed by atoms with Crippen LogP contribution in [0.1, 0.15) is 24.1 Å². The molecule has 8 nitrogen and oxygen atoms in total. The summed E-state index contributed by atoms with van der Waals surface area (Å²) in [6, 6.07) is 11.9. The van der Waals surface area contributed by atoms with Crippen LogP contribution in [0.15, 0.2) is 59.9 Å². The molecule has 0 unspecified atom stereocenters. The molecule has 0 radical (unpaired) electrons. The van der Waals surface area contributed by atoms with E-state index >= 15 is 0 Å². The number of pyridine rings is 2. The highest BCUT2D eigenvalue weighted by Crippen LogP contribution is 2.28. The topological polar surface area (TPSA) is 101 Å². The SMILES string of the molecule is Cc1ccc(-c2cc(NC[C@@H](C)c3cccc4c3ncc3[nH]n(C)c(=O)c34)ncn2)cn1.S. The molecule has 33 heavy (non-hydrogen) atoms. The van der Waals surface area contributed by atoms with E-state index in [4.69, 9.17) is 0 Å². The van der Waals surface area contributed by atoms with Gasteiger partial charge in [0.25, 0.3) is 5.56 Å². The summed E-state index contributed by atoms with van der Waals surface area (Å²) in [6.45, 7) is 4.75. The Labute approximate surface area is 197 Å². The van der Waals surface area contributed by atoms with Gasteiger partial charge in [-0.2, -0.15) is 13.5 Å². The number of anilines is 1. The van der Waals surface area contributed by atoms with Gasteiger partial charge < -0.3 is 5.32 Å². The van der Waals surface area contributed by atoms with Gasteiger partial charge in [0, 0.05) is 48.4 Å². The third-order valence-electron chi connectivity index (χ3n) is 5.73. The minimum absolute atomic E-state index is 0. The fourth-order valence-electron chi connectivity index (χ4n) is 3.96. The summed E-state index contributed by atoms with van der Waals surface area (Å²) in [5.74, 6) is 0.892. The van der Waals surface area contributed by atoms with Crippen LogP contribution >= 0.6 is 13.5 Å². The van der Waals surface area contributed by atoms with Crippen LogP contribution in [-0.4, -0.2) is 36.3 Å². The van der Waals surface area contributed by atoms with Crippen molar-refractivity contribution in [1.82, 2.24) is 29.7 Å². The average Bonchev–Trinajstić information content (AvgIpc) is 3.11. The van der Waals surface area contributed by atoms with Crippen LogP contribution in [-0.2, 0) is 7.05 Å². The molecule has 0 spiro atoms. The lowest BCUT2D eigenvalue weighted by Crippen LogP contribution is -2.13. The van der Waals surface area contributed by atoms with Gasteiger partial charge in [-0.25, -0.2) is 9.97 Å². The van der Waals surface area contributed by atoms with Gasteiger partial charge >= 0.3 is 0 Å². The number of aromatic amines is 1. The molecule has 4 aromatic heterocycles. The minimum atomic E-state index is -0.0468. The van der Waals surface area contributed by atoms with Crippen molar-refractivity contribution in [2.45, 2.75) is 19.8 Å². The Hall–Kier alpha value is -3.72. The standard InChI is InChI=1S/C24H23N7O.H2S/c1-14(10-26-21-9-19(28-13-29-21)16-8-7-15(2)25-11-16)17-5-4-6-18-22-20(12-27-23(17)18)30-31(3)24(22)32;/h4-9,11-14,30H,10H2,1-3H3,(H,26,28,29);1H2/t14-;/m1./s1. The summed E-state index contributed by atoms with van der Waals surface area (Å²) < 4.78 is 1.49. The fourth-order valence-corrected chi connectivity index (χ4v) is 3.96. The van der Waals surface area contributed by atoms with E-state index in [-0.39, 0.29) is 25.0 Å². The summed E-state index contributed by atoms with van der Waals surface area (Å²) in [5.41, 5.74) is 5.36. The molecule has 0 fully saturated rings. The van der Waals surface area contributed by atoms with Crippen LogP contribution in [0.5, 0.6) is 0 Å². The Morgan fingerprint density at radius 2 is 1.94 bits per heavy atom. The molecule has 0 bridgehead atoms. The number of benzene rings is 1. The van der Waals surface area contributed by atoms with Crippen molar-refractivity contribution in [3.05, 3.63) is 76.7 Å². The predicted octanol–water partition coefficient (Wildman–Crippen LogP) is 3.90. The molecule has 1 atom stereocenters. The number of H-pyrrole nitrogens is 1. The van der Waals surface area contributed by atoms with Crippen molar-refractivity contribution < 1.29 is 0 Å².